The van der Waals surface area contributed by atoms with Crippen LogP contribution < -0.4 is 5.43 Å². The summed E-state index contributed by atoms with van der Waals surface area (Å²) >= 11 is 0. The minimum atomic E-state index is -1.22. The zero-order valence-corrected chi connectivity index (χ0v) is 11.2. The van der Waals surface area contributed by atoms with Crippen LogP contribution in [0.15, 0.2) is 59.7 Å². The fraction of sp³-hybridized carbons (Fsp3) is 0.125. The summed E-state index contributed by atoms with van der Waals surface area (Å²) in [4.78, 5) is 11.7. The lowest BCUT2D eigenvalue weighted by molar-refractivity contribution is -0.129. The first-order valence-corrected chi connectivity index (χ1v) is 6.29. The number of rotatable bonds is 4. The molecule has 2 N–H and O–H groups in total. The maximum absolute atomic E-state index is 11.7. The molecule has 0 spiro atoms. The third-order valence-electron chi connectivity index (χ3n) is 2.79. The van der Waals surface area contributed by atoms with Gasteiger partial charge in [0.2, 0.25) is 0 Å². The van der Waals surface area contributed by atoms with Gasteiger partial charge >= 0.3 is 0 Å². The summed E-state index contributed by atoms with van der Waals surface area (Å²) in [6.07, 6.45) is 0.327. The van der Waals surface area contributed by atoms with Gasteiger partial charge in [0.05, 0.1) is 6.21 Å². The number of aliphatic hydroxyl groups excluding tert-OH is 1. The number of hydrazone groups is 1. The molecule has 0 fully saturated rings. The number of hydrogen-bond acceptors (Lipinski definition) is 3. The van der Waals surface area contributed by atoms with Gasteiger partial charge in [0, 0.05) is 0 Å². The molecule has 4 heteroatoms. The zero-order valence-electron chi connectivity index (χ0n) is 11.2. The van der Waals surface area contributed by atoms with E-state index in [9.17, 15) is 9.90 Å². The van der Waals surface area contributed by atoms with Crippen molar-refractivity contribution in [1.29, 1.82) is 0 Å². The van der Waals surface area contributed by atoms with Crippen molar-refractivity contribution >= 4 is 12.1 Å². The Kier molecular flexibility index (Phi) is 4.63. The largest absolute Gasteiger partial charge is 0.378 e. The average molecular weight is 268 g/mol. The van der Waals surface area contributed by atoms with Crippen molar-refractivity contribution in [3.05, 3.63) is 71.3 Å². The van der Waals surface area contributed by atoms with E-state index >= 15 is 0 Å². The second-order valence-electron chi connectivity index (χ2n) is 4.46. The molecular formula is C16H16N2O2. The summed E-state index contributed by atoms with van der Waals surface area (Å²) in [6, 6.07) is 16.5. The lowest BCUT2D eigenvalue weighted by atomic mass is 10.1. The van der Waals surface area contributed by atoms with Crippen molar-refractivity contribution in [2.45, 2.75) is 13.0 Å². The Morgan fingerprint density at radius 2 is 1.95 bits per heavy atom. The van der Waals surface area contributed by atoms with Crippen LogP contribution in [0.3, 0.4) is 0 Å². The first kappa shape index (κ1) is 14.0. The molecule has 0 saturated heterocycles. The van der Waals surface area contributed by atoms with E-state index in [-0.39, 0.29) is 0 Å². The van der Waals surface area contributed by atoms with Crippen molar-refractivity contribution in [2.75, 3.05) is 0 Å². The normalized spacial score (nSPS) is 12.3. The van der Waals surface area contributed by atoms with Crippen LogP contribution in [0.5, 0.6) is 0 Å². The first-order chi connectivity index (χ1) is 9.66. The molecule has 1 unspecified atom stereocenters. The number of carbonyl (C=O) groups excluding carboxylic acids is 1. The molecule has 20 heavy (non-hydrogen) atoms. The Labute approximate surface area is 117 Å². The van der Waals surface area contributed by atoms with Gasteiger partial charge in [-0.15, -0.1) is 0 Å². The Morgan fingerprint density at radius 3 is 2.65 bits per heavy atom. The van der Waals surface area contributed by atoms with E-state index in [0.29, 0.717) is 5.56 Å². The molecule has 1 atom stereocenters. The number of amides is 1. The minimum absolute atomic E-state index is 0.538. The lowest BCUT2D eigenvalue weighted by Crippen LogP contribution is -2.25. The van der Waals surface area contributed by atoms with E-state index in [1.807, 2.05) is 37.3 Å². The summed E-state index contributed by atoms with van der Waals surface area (Å²) in [6.45, 7) is 1.98. The van der Waals surface area contributed by atoms with E-state index in [2.05, 4.69) is 10.5 Å². The van der Waals surface area contributed by atoms with Crippen LogP contribution in [0.25, 0.3) is 0 Å². The summed E-state index contributed by atoms with van der Waals surface area (Å²) in [5, 5.41) is 13.7. The van der Waals surface area contributed by atoms with E-state index < -0.39 is 12.0 Å². The number of hydrogen-bond donors (Lipinski definition) is 2. The van der Waals surface area contributed by atoms with Gasteiger partial charge in [-0.25, -0.2) is 5.43 Å². The predicted molar refractivity (Wildman–Crippen MR) is 78.3 cm³/mol. The fourth-order valence-electron chi connectivity index (χ4n) is 1.77. The molecule has 2 rings (SSSR count). The minimum Gasteiger partial charge on any atom is -0.378 e. The SMILES string of the molecule is Cc1cccc(/C=N/NC(=O)C(O)c2ccccc2)c1. The molecule has 0 aliphatic rings. The monoisotopic (exact) mass is 268 g/mol. The highest BCUT2D eigenvalue weighted by molar-refractivity contribution is 5.85. The van der Waals surface area contributed by atoms with Crippen LogP contribution in [0.1, 0.15) is 22.8 Å². The Hall–Kier alpha value is -2.46. The molecule has 102 valence electrons. The van der Waals surface area contributed by atoms with Gasteiger partial charge in [-0.2, -0.15) is 5.10 Å². The number of nitrogens with one attached hydrogen (secondary N) is 1. The van der Waals surface area contributed by atoms with E-state index in [0.717, 1.165) is 11.1 Å². The fourth-order valence-corrected chi connectivity index (χ4v) is 1.77. The molecule has 4 nitrogen and oxygen atoms in total. The van der Waals surface area contributed by atoms with Gasteiger partial charge in [0.25, 0.3) is 5.91 Å². The Balaban J connectivity index is 1.95. The van der Waals surface area contributed by atoms with Crippen LogP contribution >= 0.6 is 0 Å². The summed E-state index contributed by atoms with van der Waals surface area (Å²) < 4.78 is 0. The predicted octanol–water partition coefficient (Wildman–Crippen LogP) is 2.18. The van der Waals surface area contributed by atoms with Crippen molar-refractivity contribution < 1.29 is 9.90 Å². The summed E-state index contributed by atoms with van der Waals surface area (Å²) in [5.41, 5.74) is 4.87. The van der Waals surface area contributed by atoms with Crippen molar-refractivity contribution in [1.82, 2.24) is 5.43 Å². The van der Waals surface area contributed by atoms with Crippen LogP contribution in [-0.4, -0.2) is 17.2 Å². The molecule has 0 radical (unpaired) electrons. The second-order valence-corrected chi connectivity index (χ2v) is 4.46. The van der Waals surface area contributed by atoms with Gasteiger partial charge in [-0.3, -0.25) is 4.79 Å². The molecule has 0 aromatic heterocycles. The van der Waals surface area contributed by atoms with E-state index in [4.69, 9.17) is 0 Å². The standard InChI is InChI=1S/C16H16N2O2/c1-12-6-5-7-13(10-12)11-17-18-16(20)15(19)14-8-3-2-4-9-14/h2-11,15,19H,1H3,(H,18,20)/b17-11+. The number of carbonyl (C=O) groups is 1. The highest BCUT2D eigenvalue weighted by Gasteiger charge is 2.15. The second kappa shape index (κ2) is 6.63. The van der Waals surface area contributed by atoms with Gasteiger partial charge in [0.15, 0.2) is 6.10 Å². The lowest BCUT2D eigenvalue weighted by Gasteiger charge is -2.08. The Morgan fingerprint density at radius 1 is 1.20 bits per heavy atom. The molecule has 0 bridgehead atoms. The number of benzene rings is 2. The van der Waals surface area contributed by atoms with E-state index in [1.54, 1.807) is 30.5 Å². The number of aryl methyl sites for hydroxylation is 1. The summed E-state index contributed by atoms with van der Waals surface area (Å²) in [7, 11) is 0. The maximum Gasteiger partial charge on any atom is 0.273 e. The van der Waals surface area contributed by atoms with Gasteiger partial charge < -0.3 is 5.11 Å². The Bertz CT molecular complexity index is 609. The van der Waals surface area contributed by atoms with Crippen LogP contribution in [0, 0.1) is 6.92 Å². The average Bonchev–Trinajstić information content (AvgIpc) is 2.47. The molecular weight excluding hydrogens is 252 g/mol. The van der Waals surface area contributed by atoms with E-state index in [1.165, 1.54) is 0 Å². The molecule has 0 heterocycles. The molecule has 0 aliphatic heterocycles. The van der Waals surface area contributed by atoms with Gasteiger partial charge in [0.1, 0.15) is 0 Å². The molecule has 1 amide bonds. The maximum atomic E-state index is 11.7. The van der Waals surface area contributed by atoms with Crippen LogP contribution in [-0.2, 0) is 4.79 Å². The van der Waals surface area contributed by atoms with Crippen molar-refractivity contribution in [3.8, 4) is 0 Å². The highest BCUT2D eigenvalue weighted by atomic mass is 16.3. The topological polar surface area (TPSA) is 61.7 Å². The third-order valence-corrected chi connectivity index (χ3v) is 2.79. The van der Waals surface area contributed by atoms with Crippen LogP contribution in [0.4, 0.5) is 0 Å². The molecule has 2 aromatic rings. The smallest absolute Gasteiger partial charge is 0.273 e. The number of aliphatic hydroxyl groups is 1. The van der Waals surface area contributed by atoms with Gasteiger partial charge in [-0.05, 0) is 18.1 Å². The van der Waals surface area contributed by atoms with Crippen molar-refractivity contribution in [2.24, 2.45) is 5.10 Å². The van der Waals surface area contributed by atoms with Crippen LogP contribution in [0.2, 0.25) is 0 Å². The molecule has 2 aromatic carbocycles. The highest BCUT2D eigenvalue weighted by Crippen LogP contribution is 2.11. The number of nitrogens with zero attached hydrogens (tertiary/aromatic N) is 1. The molecule has 0 aliphatic carbocycles. The first-order valence-electron chi connectivity index (χ1n) is 6.29. The third kappa shape index (κ3) is 3.76. The molecule has 0 saturated carbocycles. The summed E-state index contributed by atoms with van der Waals surface area (Å²) in [5.74, 6) is -0.555. The van der Waals surface area contributed by atoms with Gasteiger partial charge in [-0.1, -0.05) is 60.2 Å². The quantitative estimate of drug-likeness (QED) is 0.659. The zero-order chi connectivity index (χ0) is 14.4. The van der Waals surface area contributed by atoms with Crippen molar-refractivity contribution in [3.63, 3.8) is 0 Å².